The number of rotatable bonds is 3. The van der Waals surface area contributed by atoms with Crippen LogP contribution in [0.4, 0.5) is 20.4 Å². The number of anilines is 2. The van der Waals surface area contributed by atoms with E-state index in [1.807, 2.05) is 38.1 Å². The Morgan fingerprint density at radius 3 is 1.84 bits per heavy atom. The Hall–Kier alpha value is -5.20. The van der Waals surface area contributed by atoms with E-state index in [9.17, 15) is 18.4 Å². The van der Waals surface area contributed by atoms with Crippen molar-refractivity contribution in [1.29, 1.82) is 0 Å². The second-order valence-corrected chi connectivity index (χ2v) is 10.2. The van der Waals surface area contributed by atoms with E-state index in [1.54, 1.807) is 36.4 Å². The first-order chi connectivity index (χ1) is 21.0. The smallest absolute Gasteiger partial charge is 0.257 e. The van der Waals surface area contributed by atoms with Crippen LogP contribution in [0, 0.1) is 25.5 Å². The molecule has 2 heterocycles. The number of halogens is 3. The van der Waals surface area contributed by atoms with Gasteiger partial charge in [-0.3, -0.25) is 25.1 Å². The van der Waals surface area contributed by atoms with Gasteiger partial charge in [-0.15, -0.1) is 0 Å². The zero-order chi connectivity index (χ0) is 31.8. The summed E-state index contributed by atoms with van der Waals surface area (Å²) >= 11 is 10.3. The van der Waals surface area contributed by atoms with Gasteiger partial charge in [0, 0.05) is 21.9 Å². The second kappa shape index (κ2) is 14.3. The van der Waals surface area contributed by atoms with Gasteiger partial charge in [-0.05, 0) is 98.3 Å². The van der Waals surface area contributed by atoms with Gasteiger partial charge in [0.15, 0.2) is 16.7 Å². The molecule has 0 saturated heterocycles. The third-order valence-electron chi connectivity index (χ3n) is 6.13. The lowest BCUT2D eigenvalue weighted by Gasteiger charge is -2.08. The monoisotopic (exact) mass is 633 g/mol. The summed E-state index contributed by atoms with van der Waals surface area (Å²) in [6, 6.07) is 22.8. The molecule has 0 radical (unpaired) electrons. The SMILES string of the molecule is Cc1ccc(C(=O)Cl)cc1.Cc1ccc(C(=O)NC(=S)Nc2n[nH]c3cc(F)ccc23)cc1.Nc1n[nH]c2cc(F)ccc12. The summed E-state index contributed by atoms with van der Waals surface area (Å²) in [5.74, 6) is -0.133. The van der Waals surface area contributed by atoms with E-state index in [-0.39, 0.29) is 22.7 Å². The number of fused-ring (bicyclic) bond motifs is 2. The Morgan fingerprint density at radius 1 is 0.773 bits per heavy atom. The molecule has 1 amide bonds. The molecule has 0 unspecified atom stereocenters. The van der Waals surface area contributed by atoms with Gasteiger partial charge in [0.1, 0.15) is 11.6 Å². The number of hydrogen-bond acceptors (Lipinski definition) is 6. The van der Waals surface area contributed by atoms with E-state index in [0.29, 0.717) is 39.2 Å². The minimum atomic E-state index is -0.403. The molecule has 13 heteroatoms. The Kier molecular flexibility index (Phi) is 10.3. The van der Waals surface area contributed by atoms with Crippen LogP contribution in [0.15, 0.2) is 84.9 Å². The molecular weight excluding hydrogens is 608 g/mol. The molecule has 2 aromatic heterocycles. The van der Waals surface area contributed by atoms with Crippen LogP contribution in [-0.4, -0.2) is 36.7 Å². The highest BCUT2D eigenvalue weighted by molar-refractivity contribution is 7.80. The Balaban J connectivity index is 0.000000174. The van der Waals surface area contributed by atoms with Gasteiger partial charge in [0.05, 0.1) is 11.0 Å². The maximum Gasteiger partial charge on any atom is 0.257 e. The van der Waals surface area contributed by atoms with Crippen molar-refractivity contribution in [3.8, 4) is 0 Å². The fourth-order valence-electron chi connectivity index (χ4n) is 3.80. The van der Waals surface area contributed by atoms with Crippen molar-refractivity contribution in [2.45, 2.75) is 13.8 Å². The average molecular weight is 634 g/mol. The number of aryl methyl sites for hydroxylation is 2. The van der Waals surface area contributed by atoms with E-state index in [1.165, 1.54) is 24.3 Å². The summed E-state index contributed by atoms with van der Waals surface area (Å²) < 4.78 is 25.7. The van der Waals surface area contributed by atoms with Crippen LogP contribution in [0.3, 0.4) is 0 Å². The van der Waals surface area contributed by atoms with Crippen molar-refractivity contribution >= 4 is 73.5 Å². The van der Waals surface area contributed by atoms with E-state index in [2.05, 4.69) is 31.0 Å². The zero-order valence-corrected chi connectivity index (χ0v) is 25.0. The number of carbonyl (C=O) groups excluding carboxylic acids is 2. The minimum absolute atomic E-state index is 0.119. The molecule has 0 atom stereocenters. The summed E-state index contributed by atoms with van der Waals surface area (Å²) in [6.45, 7) is 3.90. The lowest BCUT2D eigenvalue weighted by Crippen LogP contribution is -2.34. The Morgan fingerprint density at radius 2 is 1.27 bits per heavy atom. The van der Waals surface area contributed by atoms with Gasteiger partial charge in [-0.25, -0.2) is 8.78 Å². The number of H-pyrrole nitrogens is 2. The topological polar surface area (TPSA) is 142 Å². The maximum atomic E-state index is 13.1. The van der Waals surface area contributed by atoms with Crippen LogP contribution < -0.4 is 16.4 Å². The highest BCUT2D eigenvalue weighted by Gasteiger charge is 2.11. The summed E-state index contributed by atoms with van der Waals surface area (Å²) in [5, 5.41) is 19.6. The summed E-state index contributed by atoms with van der Waals surface area (Å²) in [4.78, 5) is 22.6. The van der Waals surface area contributed by atoms with Crippen molar-refractivity contribution in [3.63, 3.8) is 0 Å². The standard InChI is InChI=1S/C16H13FN4OS.C8H7ClO.C7H6FN3/c1-9-2-4-10(5-3-9)15(22)19-16(23)18-14-12-7-6-11(17)8-13(12)20-21-14;1-6-2-4-7(5-3-6)8(9)10;8-4-1-2-5-6(3-4)10-11-7(5)9/h2-8H,1H3,(H3,18,19,20,21,22,23);2-5H,1H3;1-3H,(H3,9,10,11). The molecule has 6 N–H and O–H groups in total. The number of aromatic nitrogens is 4. The first-order valence-electron chi connectivity index (χ1n) is 13.0. The molecule has 6 rings (SSSR count). The van der Waals surface area contributed by atoms with Crippen LogP contribution in [0.2, 0.25) is 0 Å². The fraction of sp³-hybridized carbons (Fsp3) is 0.0645. The summed E-state index contributed by atoms with van der Waals surface area (Å²) in [6.07, 6.45) is 0. The molecule has 4 aromatic carbocycles. The van der Waals surface area contributed by atoms with Gasteiger partial charge in [0.2, 0.25) is 0 Å². The number of nitrogens with one attached hydrogen (secondary N) is 4. The van der Waals surface area contributed by atoms with Crippen LogP contribution >= 0.6 is 23.8 Å². The number of aromatic amines is 2. The van der Waals surface area contributed by atoms with Crippen molar-refractivity contribution < 1.29 is 18.4 Å². The Bertz CT molecular complexity index is 1940. The average Bonchev–Trinajstić information content (AvgIpc) is 3.56. The third-order valence-corrected chi connectivity index (χ3v) is 6.55. The molecule has 44 heavy (non-hydrogen) atoms. The minimum Gasteiger partial charge on any atom is -0.382 e. The quantitative estimate of drug-likeness (QED) is 0.107. The second-order valence-electron chi connectivity index (χ2n) is 9.47. The molecule has 0 saturated carbocycles. The lowest BCUT2D eigenvalue weighted by atomic mass is 10.1. The van der Waals surface area contributed by atoms with Crippen LogP contribution in [0.25, 0.3) is 21.8 Å². The number of hydrogen-bond donors (Lipinski definition) is 5. The van der Waals surface area contributed by atoms with Crippen LogP contribution in [0.5, 0.6) is 0 Å². The molecule has 9 nitrogen and oxygen atoms in total. The highest BCUT2D eigenvalue weighted by atomic mass is 35.5. The maximum absolute atomic E-state index is 13.1. The first-order valence-corrected chi connectivity index (χ1v) is 13.8. The normalized spacial score (nSPS) is 10.3. The predicted molar refractivity (Wildman–Crippen MR) is 173 cm³/mol. The first kappa shape index (κ1) is 31.7. The van der Waals surface area contributed by atoms with E-state index in [0.717, 1.165) is 16.5 Å². The number of carbonyl (C=O) groups is 2. The fourth-order valence-corrected chi connectivity index (χ4v) is 4.12. The summed E-state index contributed by atoms with van der Waals surface area (Å²) in [5.41, 5.74) is 9.88. The number of amides is 1. The number of benzene rings is 4. The number of nitrogen functional groups attached to an aromatic ring is 1. The molecule has 0 bridgehead atoms. The van der Waals surface area contributed by atoms with Gasteiger partial charge >= 0.3 is 0 Å². The molecule has 6 aromatic rings. The number of thiocarbonyl (C=S) groups is 1. The van der Waals surface area contributed by atoms with Gasteiger partial charge in [0.25, 0.3) is 11.1 Å². The molecule has 0 spiro atoms. The van der Waals surface area contributed by atoms with Crippen LogP contribution in [0.1, 0.15) is 31.8 Å². The Labute approximate surface area is 260 Å². The largest absolute Gasteiger partial charge is 0.382 e. The third kappa shape index (κ3) is 8.43. The summed E-state index contributed by atoms with van der Waals surface area (Å²) in [7, 11) is 0. The van der Waals surface area contributed by atoms with Gasteiger partial charge in [-0.2, -0.15) is 10.2 Å². The van der Waals surface area contributed by atoms with Gasteiger partial charge in [-0.1, -0.05) is 35.4 Å². The van der Waals surface area contributed by atoms with E-state index < -0.39 is 5.24 Å². The van der Waals surface area contributed by atoms with Crippen LogP contribution in [-0.2, 0) is 0 Å². The molecule has 224 valence electrons. The highest BCUT2D eigenvalue weighted by Crippen LogP contribution is 2.21. The predicted octanol–water partition coefficient (Wildman–Crippen LogP) is 6.80. The molecule has 0 aliphatic rings. The molecular formula is C31H26ClF2N7O2S. The molecule has 0 aliphatic carbocycles. The van der Waals surface area contributed by atoms with Crippen molar-refractivity contribution in [2.75, 3.05) is 11.1 Å². The lowest BCUT2D eigenvalue weighted by molar-refractivity contribution is 0.0977. The molecule has 0 aliphatic heterocycles. The number of nitrogens with two attached hydrogens (primary N) is 1. The van der Waals surface area contributed by atoms with Crippen molar-refractivity contribution in [3.05, 3.63) is 119 Å². The zero-order valence-electron chi connectivity index (χ0n) is 23.4. The van der Waals surface area contributed by atoms with E-state index >= 15 is 0 Å². The molecule has 0 fully saturated rings. The van der Waals surface area contributed by atoms with E-state index in [4.69, 9.17) is 29.6 Å². The van der Waals surface area contributed by atoms with Crippen molar-refractivity contribution in [2.24, 2.45) is 0 Å². The van der Waals surface area contributed by atoms with Crippen molar-refractivity contribution in [1.82, 2.24) is 25.7 Å². The van der Waals surface area contributed by atoms with Gasteiger partial charge < -0.3 is 11.1 Å². The number of nitrogens with zero attached hydrogens (tertiary/aromatic N) is 2.